The molecule has 0 radical (unpaired) electrons. The number of anilines is 1. The molecule has 0 aliphatic rings. The third kappa shape index (κ3) is 4.06. The molecule has 2 rings (SSSR count). The van der Waals surface area contributed by atoms with Gasteiger partial charge in [-0.3, -0.25) is 4.79 Å². The minimum Gasteiger partial charge on any atom is -0.366 e. The largest absolute Gasteiger partial charge is 0.366 e. The number of halogens is 1. The molecule has 6 heteroatoms. The molecule has 0 aliphatic heterocycles. The molecule has 0 aliphatic carbocycles. The van der Waals surface area contributed by atoms with Crippen molar-refractivity contribution in [3.8, 4) is 0 Å². The van der Waals surface area contributed by atoms with Crippen LogP contribution in [0.2, 0.25) is 0 Å². The summed E-state index contributed by atoms with van der Waals surface area (Å²) in [6.07, 6.45) is 0. The molecule has 0 saturated heterocycles. The van der Waals surface area contributed by atoms with E-state index in [9.17, 15) is 9.59 Å². The van der Waals surface area contributed by atoms with Crippen molar-refractivity contribution in [3.05, 3.63) is 64.1 Å². The summed E-state index contributed by atoms with van der Waals surface area (Å²) in [5.74, 6) is -0.586. The van der Waals surface area contributed by atoms with Crippen molar-refractivity contribution in [2.45, 2.75) is 6.54 Å². The fourth-order valence-electron chi connectivity index (χ4n) is 1.79. The molecule has 2 aromatic carbocycles. The van der Waals surface area contributed by atoms with Gasteiger partial charge in [-0.15, -0.1) is 0 Å². The number of hydrogen-bond acceptors (Lipinski definition) is 2. The van der Waals surface area contributed by atoms with E-state index in [1.165, 1.54) is 0 Å². The highest BCUT2D eigenvalue weighted by molar-refractivity contribution is 9.10. The van der Waals surface area contributed by atoms with Crippen LogP contribution in [0.5, 0.6) is 0 Å². The Hall–Kier alpha value is -2.34. The second kappa shape index (κ2) is 6.90. The maximum Gasteiger partial charge on any atom is 0.319 e. The highest BCUT2D eigenvalue weighted by Crippen LogP contribution is 2.16. The zero-order chi connectivity index (χ0) is 15.2. The standard InChI is InChI=1S/C15H14BrN3O2/c16-12-7-3-1-5-10(12)9-18-15(21)19-13-8-4-2-6-11(13)14(17)20/h1-8H,9H2,(H2,17,20)(H2,18,19,21). The summed E-state index contributed by atoms with van der Waals surface area (Å²) >= 11 is 3.41. The van der Waals surface area contributed by atoms with Gasteiger partial charge < -0.3 is 16.4 Å². The Bertz CT molecular complexity index is 673. The number of nitrogens with one attached hydrogen (secondary N) is 2. The van der Waals surface area contributed by atoms with Crippen LogP contribution in [0.3, 0.4) is 0 Å². The van der Waals surface area contributed by atoms with E-state index in [-0.39, 0.29) is 5.56 Å². The third-order valence-corrected chi connectivity index (χ3v) is 3.61. The Morgan fingerprint density at radius 2 is 1.71 bits per heavy atom. The van der Waals surface area contributed by atoms with Crippen LogP contribution in [0, 0.1) is 0 Å². The molecule has 0 saturated carbocycles. The van der Waals surface area contributed by atoms with Gasteiger partial charge in [0.1, 0.15) is 0 Å². The first-order valence-corrected chi connectivity index (χ1v) is 7.04. The van der Waals surface area contributed by atoms with Crippen molar-refractivity contribution in [2.24, 2.45) is 5.73 Å². The minimum atomic E-state index is -0.586. The fraction of sp³-hybridized carbons (Fsp3) is 0.0667. The number of carbonyl (C=O) groups is 2. The summed E-state index contributed by atoms with van der Waals surface area (Å²) in [5, 5.41) is 5.34. The maximum atomic E-state index is 11.9. The first kappa shape index (κ1) is 15.1. The Kier molecular flexibility index (Phi) is 4.94. The topological polar surface area (TPSA) is 84.2 Å². The Labute approximate surface area is 130 Å². The average molecular weight is 348 g/mol. The lowest BCUT2D eigenvalue weighted by Crippen LogP contribution is -2.29. The number of amides is 3. The minimum absolute atomic E-state index is 0.272. The van der Waals surface area contributed by atoms with E-state index in [0.717, 1.165) is 10.0 Å². The second-order valence-electron chi connectivity index (χ2n) is 4.31. The zero-order valence-corrected chi connectivity index (χ0v) is 12.7. The predicted octanol–water partition coefficient (Wildman–Crippen LogP) is 2.87. The van der Waals surface area contributed by atoms with Crippen molar-refractivity contribution in [2.75, 3.05) is 5.32 Å². The quantitative estimate of drug-likeness (QED) is 0.794. The summed E-state index contributed by atoms with van der Waals surface area (Å²) in [5.41, 5.74) is 6.87. The lowest BCUT2D eigenvalue weighted by atomic mass is 10.1. The van der Waals surface area contributed by atoms with E-state index in [0.29, 0.717) is 12.2 Å². The highest BCUT2D eigenvalue weighted by Gasteiger charge is 2.10. The van der Waals surface area contributed by atoms with Crippen LogP contribution in [0.1, 0.15) is 15.9 Å². The normalized spacial score (nSPS) is 9.95. The van der Waals surface area contributed by atoms with Gasteiger partial charge in [0.15, 0.2) is 0 Å². The first-order valence-electron chi connectivity index (χ1n) is 6.25. The molecule has 0 aromatic heterocycles. The smallest absolute Gasteiger partial charge is 0.319 e. The molecule has 21 heavy (non-hydrogen) atoms. The van der Waals surface area contributed by atoms with Gasteiger partial charge in [-0.2, -0.15) is 0 Å². The molecule has 0 bridgehead atoms. The average Bonchev–Trinajstić information content (AvgIpc) is 2.47. The Morgan fingerprint density at radius 1 is 1.05 bits per heavy atom. The van der Waals surface area contributed by atoms with Crippen LogP contribution in [0.4, 0.5) is 10.5 Å². The van der Waals surface area contributed by atoms with Gasteiger partial charge >= 0.3 is 6.03 Å². The van der Waals surface area contributed by atoms with Gasteiger partial charge in [0, 0.05) is 11.0 Å². The van der Waals surface area contributed by atoms with E-state index in [2.05, 4.69) is 26.6 Å². The summed E-state index contributed by atoms with van der Waals surface area (Å²) in [7, 11) is 0. The molecule has 0 fully saturated rings. The molecular weight excluding hydrogens is 334 g/mol. The SMILES string of the molecule is NC(=O)c1ccccc1NC(=O)NCc1ccccc1Br. The summed E-state index contributed by atoms with van der Waals surface area (Å²) in [6, 6.07) is 13.8. The fourth-order valence-corrected chi connectivity index (χ4v) is 2.22. The van der Waals surface area contributed by atoms with Crippen LogP contribution < -0.4 is 16.4 Å². The Balaban J connectivity index is 2.00. The van der Waals surface area contributed by atoms with Crippen molar-refractivity contribution >= 4 is 33.6 Å². The summed E-state index contributed by atoms with van der Waals surface area (Å²) < 4.78 is 0.919. The van der Waals surface area contributed by atoms with Gasteiger partial charge in [-0.1, -0.05) is 46.3 Å². The summed E-state index contributed by atoms with van der Waals surface area (Å²) in [6.45, 7) is 0.367. The van der Waals surface area contributed by atoms with Gasteiger partial charge in [0.25, 0.3) is 5.91 Å². The number of benzene rings is 2. The van der Waals surface area contributed by atoms with Crippen molar-refractivity contribution in [1.82, 2.24) is 5.32 Å². The summed E-state index contributed by atoms with van der Waals surface area (Å²) in [4.78, 5) is 23.2. The van der Waals surface area contributed by atoms with Gasteiger partial charge in [-0.25, -0.2) is 4.79 Å². The third-order valence-electron chi connectivity index (χ3n) is 2.84. The van der Waals surface area contributed by atoms with Crippen LogP contribution in [0.25, 0.3) is 0 Å². The van der Waals surface area contributed by atoms with E-state index in [1.54, 1.807) is 24.3 Å². The molecule has 5 nitrogen and oxygen atoms in total. The molecule has 0 heterocycles. The van der Waals surface area contributed by atoms with Gasteiger partial charge in [-0.05, 0) is 23.8 Å². The monoisotopic (exact) mass is 347 g/mol. The second-order valence-corrected chi connectivity index (χ2v) is 5.16. The number of urea groups is 1. The van der Waals surface area contributed by atoms with Crippen LogP contribution in [-0.2, 0) is 6.54 Å². The van der Waals surface area contributed by atoms with Crippen LogP contribution in [-0.4, -0.2) is 11.9 Å². The first-order chi connectivity index (χ1) is 10.1. The van der Waals surface area contributed by atoms with Crippen molar-refractivity contribution < 1.29 is 9.59 Å². The molecular formula is C15H14BrN3O2. The molecule has 3 amide bonds. The van der Waals surface area contributed by atoms with Gasteiger partial charge in [0.2, 0.25) is 0 Å². The van der Waals surface area contributed by atoms with Crippen molar-refractivity contribution in [3.63, 3.8) is 0 Å². The molecule has 4 N–H and O–H groups in total. The zero-order valence-electron chi connectivity index (χ0n) is 11.1. The molecule has 2 aromatic rings. The van der Waals surface area contributed by atoms with E-state index in [4.69, 9.17) is 5.73 Å². The number of hydrogen-bond donors (Lipinski definition) is 3. The lowest BCUT2D eigenvalue weighted by Gasteiger charge is -2.10. The van der Waals surface area contributed by atoms with E-state index in [1.807, 2.05) is 24.3 Å². The predicted molar refractivity (Wildman–Crippen MR) is 85.0 cm³/mol. The maximum absolute atomic E-state index is 11.9. The number of carbonyl (C=O) groups excluding carboxylic acids is 2. The molecule has 0 spiro atoms. The molecule has 0 unspecified atom stereocenters. The number of primary amides is 1. The van der Waals surface area contributed by atoms with Crippen LogP contribution in [0.15, 0.2) is 53.0 Å². The number of rotatable bonds is 4. The number of para-hydroxylation sites is 1. The van der Waals surface area contributed by atoms with Crippen molar-refractivity contribution in [1.29, 1.82) is 0 Å². The number of nitrogens with two attached hydrogens (primary N) is 1. The molecule has 108 valence electrons. The highest BCUT2D eigenvalue weighted by atomic mass is 79.9. The van der Waals surface area contributed by atoms with Crippen LogP contribution >= 0.6 is 15.9 Å². The van der Waals surface area contributed by atoms with E-state index < -0.39 is 11.9 Å². The van der Waals surface area contributed by atoms with E-state index >= 15 is 0 Å². The Morgan fingerprint density at radius 3 is 2.43 bits per heavy atom. The van der Waals surface area contributed by atoms with Gasteiger partial charge in [0.05, 0.1) is 11.3 Å². The lowest BCUT2D eigenvalue weighted by molar-refractivity contribution is 0.100. The molecule has 0 atom stereocenters.